The molecule has 0 amide bonds. The van der Waals surface area contributed by atoms with Crippen LogP contribution in [-0.4, -0.2) is 18.2 Å². The Morgan fingerprint density at radius 3 is 2.24 bits per heavy atom. The third-order valence-corrected chi connectivity index (χ3v) is 4.90. The van der Waals surface area contributed by atoms with Gasteiger partial charge in [0, 0.05) is 5.56 Å². The van der Waals surface area contributed by atoms with Crippen molar-refractivity contribution in [3.63, 3.8) is 0 Å². The lowest BCUT2D eigenvalue weighted by atomic mass is 10.1. The van der Waals surface area contributed by atoms with Gasteiger partial charge in [-0.2, -0.15) is 0 Å². The predicted molar refractivity (Wildman–Crippen MR) is 84.2 cm³/mol. The molecule has 0 fully saturated rings. The number of pyridine rings is 1. The van der Waals surface area contributed by atoms with E-state index in [1.165, 1.54) is 0 Å². The highest BCUT2D eigenvalue weighted by molar-refractivity contribution is 7.53. The summed E-state index contributed by atoms with van der Waals surface area (Å²) in [6, 6.07) is 15.6. The van der Waals surface area contributed by atoms with E-state index >= 15 is 0 Å². The summed E-state index contributed by atoms with van der Waals surface area (Å²) in [5.74, 6) is 0. The molecule has 0 saturated heterocycles. The summed E-state index contributed by atoms with van der Waals surface area (Å²) in [4.78, 5) is 4.56. The third kappa shape index (κ3) is 4.50. The lowest BCUT2D eigenvalue weighted by Gasteiger charge is -2.16. The molecular weight excluding hydrogens is 285 g/mol. The highest BCUT2D eigenvalue weighted by Gasteiger charge is 2.24. The maximum atomic E-state index is 12.5. The predicted octanol–water partition coefficient (Wildman–Crippen LogP) is 4.51. The standard InChI is InChI=1S/C16H20NO3P/c1-3-19-21(18,20-4-2)13-15-11-8-12-16(17-15)14-9-6-5-7-10-14/h5-12H,3-4,13H2,1-2H3. The topological polar surface area (TPSA) is 48.4 Å². The fourth-order valence-corrected chi connectivity index (χ4v) is 3.67. The van der Waals surface area contributed by atoms with E-state index in [9.17, 15) is 4.57 Å². The molecule has 0 atom stereocenters. The Hall–Kier alpha value is -1.48. The summed E-state index contributed by atoms with van der Waals surface area (Å²) < 4.78 is 23.2. The minimum absolute atomic E-state index is 0.190. The smallest absolute Gasteiger partial charge is 0.309 e. The minimum atomic E-state index is -3.12. The number of nitrogens with zero attached hydrogens (tertiary/aromatic N) is 1. The second-order valence-electron chi connectivity index (χ2n) is 4.48. The van der Waals surface area contributed by atoms with Crippen LogP contribution in [0.5, 0.6) is 0 Å². The molecule has 2 rings (SSSR count). The maximum Gasteiger partial charge on any atom is 0.336 e. The van der Waals surface area contributed by atoms with Crippen molar-refractivity contribution in [1.82, 2.24) is 4.98 Å². The summed E-state index contributed by atoms with van der Waals surface area (Å²) in [6.07, 6.45) is 0.190. The first-order valence-corrected chi connectivity index (χ1v) is 8.79. The molecule has 2 aromatic rings. The largest absolute Gasteiger partial charge is 0.336 e. The molecule has 1 heterocycles. The molecule has 0 aliphatic rings. The first-order chi connectivity index (χ1) is 10.2. The van der Waals surface area contributed by atoms with Crippen molar-refractivity contribution < 1.29 is 13.6 Å². The van der Waals surface area contributed by atoms with E-state index in [0.717, 1.165) is 11.3 Å². The Bertz CT molecular complexity index is 606. The second-order valence-corrected chi connectivity index (χ2v) is 6.54. The molecular formula is C16H20NO3P. The van der Waals surface area contributed by atoms with Crippen LogP contribution < -0.4 is 0 Å². The average molecular weight is 305 g/mol. The Kier molecular flexibility index (Phi) is 5.68. The van der Waals surface area contributed by atoms with Gasteiger partial charge in [-0.05, 0) is 26.0 Å². The molecule has 1 aromatic heterocycles. The van der Waals surface area contributed by atoms with Crippen LogP contribution in [0.25, 0.3) is 11.3 Å². The summed E-state index contributed by atoms with van der Waals surface area (Å²) in [5, 5.41) is 0. The highest BCUT2D eigenvalue weighted by Crippen LogP contribution is 2.51. The van der Waals surface area contributed by atoms with Gasteiger partial charge >= 0.3 is 7.60 Å². The molecule has 0 unspecified atom stereocenters. The fraction of sp³-hybridized carbons (Fsp3) is 0.312. The van der Waals surface area contributed by atoms with Crippen molar-refractivity contribution in [2.75, 3.05) is 13.2 Å². The van der Waals surface area contributed by atoms with Crippen LogP contribution >= 0.6 is 7.60 Å². The van der Waals surface area contributed by atoms with E-state index in [1.54, 1.807) is 13.8 Å². The van der Waals surface area contributed by atoms with Crippen molar-refractivity contribution in [1.29, 1.82) is 0 Å². The molecule has 0 spiro atoms. The van der Waals surface area contributed by atoms with Crippen molar-refractivity contribution in [3.8, 4) is 11.3 Å². The van der Waals surface area contributed by atoms with Gasteiger partial charge < -0.3 is 9.05 Å². The van der Waals surface area contributed by atoms with Gasteiger partial charge in [0.05, 0.1) is 30.8 Å². The zero-order valence-electron chi connectivity index (χ0n) is 12.4. The highest BCUT2D eigenvalue weighted by atomic mass is 31.2. The van der Waals surface area contributed by atoms with E-state index < -0.39 is 7.60 Å². The van der Waals surface area contributed by atoms with Crippen molar-refractivity contribution in [3.05, 3.63) is 54.2 Å². The normalized spacial score (nSPS) is 11.5. The van der Waals surface area contributed by atoms with E-state index in [4.69, 9.17) is 9.05 Å². The van der Waals surface area contributed by atoms with Gasteiger partial charge in [-0.25, -0.2) is 0 Å². The van der Waals surface area contributed by atoms with Gasteiger partial charge in [0.15, 0.2) is 0 Å². The van der Waals surface area contributed by atoms with Crippen LogP contribution in [0, 0.1) is 0 Å². The van der Waals surface area contributed by atoms with Crippen LogP contribution in [0.2, 0.25) is 0 Å². The zero-order chi connectivity index (χ0) is 15.1. The minimum Gasteiger partial charge on any atom is -0.309 e. The number of hydrogen-bond donors (Lipinski definition) is 0. The lowest BCUT2D eigenvalue weighted by Crippen LogP contribution is -2.01. The maximum absolute atomic E-state index is 12.5. The van der Waals surface area contributed by atoms with Crippen LogP contribution in [-0.2, 0) is 19.8 Å². The van der Waals surface area contributed by atoms with E-state index in [1.807, 2.05) is 48.5 Å². The number of hydrogen-bond acceptors (Lipinski definition) is 4. The molecule has 0 aliphatic carbocycles. The van der Waals surface area contributed by atoms with Gasteiger partial charge in [0.1, 0.15) is 0 Å². The molecule has 0 aliphatic heterocycles. The molecule has 5 heteroatoms. The monoisotopic (exact) mass is 305 g/mol. The van der Waals surface area contributed by atoms with Crippen molar-refractivity contribution in [2.45, 2.75) is 20.0 Å². The Morgan fingerprint density at radius 2 is 1.62 bits per heavy atom. The molecule has 4 nitrogen and oxygen atoms in total. The summed E-state index contributed by atoms with van der Waals surface area (Å²) in [5.41, 5.74) is 2.59. The van der Waals surface area contributed by atoms with Crippen LogP contribution in [0.15, 0.2) is 48.5 Å². The van der Waals surface area contributed by atoms with Gasteiger partial charge in [-0.15, -0.1) is 0 Å². The molecule has 112 valence electrons. The SMILES string of the molecule is CCOP(=O)(Cc1cccc(-c2ccccc2)n1)OCC. The summed E-state index contributed by atoms with van der Waals surface area (Å²) in [6.45, 7) is 4.32. The summed E-state index contributed by atoms with van der Waals surface area (Å²) in [7, 11) is -3.12. The van der Waals surface area contributed by atoms with Gasteiger partial charge in [-0.3, -0.25) is 9.55 Å². The van der Waals surface area contributed by atoms with Gasteiger partial charge in [0.25, 0.3) is 0 Å². The molecule has 1 aromatic carbocycles. The van der Waals surface area contributed by atoms with Crippen molar-refractivity contribution in [2.24, 2.45) is 0 Å². The van der Waals surface area contributed by atoms with Crippen LogP contribution in [0.3, 0.4) is 0 Å². The molecule has 0 saturated carbocycles. The first kappa shape index (κ1) is 15.9. The zero-order valence-corrected chi connectivity index (χ0v) is 13.3. The number of benzene rings is 1. The lowest BCUT2D eigenvalue weighted by molar-refractivity contribution is 0.219. The number of rotatable bonds is 7. The molecule has 0 bridgehead atoms. The van der Waals surface area contributed by atoms with E-state index in [-0.39, 0.29) is 6.16 Å². The molecule has 0 N–H and O–H groups in total. The second kappa shape index (κ2) is 7.51. The van der Waals surface area contributed by atoms with Crippen LogP contribution in [0.4, 0.5) is 0 Å². The number of aromatic nitrogens is 1. The third-order valence-electron chi connectivity index (χ3n) is 2.88. The van der Waals surface area contributed by atoms with E-state index in [0.29, 0.717) is 18.9 Å². The molecule has 0 radical (unpaired) electrons. The Morgan fingerprint density at radius 1 is 0.952 bits per heavy atom. The quantitative estimate of drug-likeness (QED) is 0.706. The van der Waals surface area contributed by atoms with E-state index in [2.05, 4.69) is 4.98 Å². The Labute approximate surface area is 125 Å². The fourth-order valence-electron chi connectivity index (χ4n) is 2.06. The average Bonchev–Trinajstić information content (AvgIpc) is 2.49. The Balaban J connectivity index is 2.23. The van der Waals surface area contributed by atoms with Gasteiger partial charge in [-0.1, -0.05) is 36.4 Å². The van der Waals surface area contributed by atoms with Crippen LogP contribution in [0.1, 0.15) is 19.5 Å². The first-order valence-electron chi connectivity index (χ1n) is 7.06. The van der Waals surface area contributed by atoms with Gasteiger partial charge in [0.2, 0.25) is 0 Å². The summed E-state index contributed by atoms with van der Waals surface area (Å²) >= 11 is 0. The molecule has 21 heavy (non-hydrogen) atoms. The van der Waals surface area contributed by atoms with Crippen molar-refractivity contribution >= 4 is 7.60 Å².